The molecule has 1 aromatic rings. The van der Waals surface area contributed by atoms with Gasteiger partial charge in [0.05, 0.1) is 29.7 Å². The largest absolute Gasteiger partial charge is 0.376 e. The Labute approximate surface area is 142 Å². The Kier molecular flexibility index (Phi) is 4.76. The number of pyridine rings is 1. The van der Waals surface area contributed by atoms with Gasteiger partial charge in [-0.2, -0.15) is 9.57 Å². The molecule has 1 saturated heterocycles. The van der Waals surface area contributed by atoms with Crippen LogP contribution in [0.4, 0.5) is 5.82 Å². The Morgan fingerprint density at radius 2 is 2.00 bits per heavy atom. The zero-order valence-corrected chi connectivity index (χ0v) is 14.8. The first kappa shape index (κ1) is 17.1. The number of nitriles is 1. The maximum absolute atomic E-state index is 12.3. The van der Waals surface area contributed by atoms with Crippen molar-refractivity contribution in [1.82, 2.24) is 9.29 Å². The lowest BCUT2D eigenvalue weighted by molar-refractivity contribution is 0.109. The predicted molar refractivity (Wildman–Crippen MR) is 90.2 cm³/mol. The molecule has 0 amide bonds. The van der Waals surface area contributed by atoms with Gasteiger partial charge in [0.1, 0.15) is 11.9 Å². The van der Waals surface area contributed by atoms with Crippen molar-refractivity contribution < 1.29 is 13.2 Å². The number of aromatic nitrogens is 1. The lowest BCUT2D eigenvalue weighted by atomic mass is 10.1. The fraction of sp³-hybridized carbons (Fsp3) is 0.625. The molecule has 0 unspecified atom stereocenters. The molecule has 7 nitrogen and oxygen atoms in total. The first-order valence-corrected chi connectivity index (χ1v) is 9.68. The number of hydrogen-bond donors (Lipinski definition) is 0. The monoisotopic (exact) mass is 350 g/mol. The SMILES string of the molecule is CC(C)S(=O)(=O)N1CCN(c2nc3c(cc2C#N)COCC3)CC1. The average molecular weight is 350 g/mol. The molecule has 0 aromatic carbocycles. The number of rotatable bonds is 3. The highest BCUT2D eigenvalue weighted by molar-refractivity contribution is 7.89. The van der Waals surface area contributed by atoms with Crippen LogP contribution in [0.3, 0.4) is 0 Å². The molecule has 3 heterocycles. The van der Waals surface area contributed by atoms with Crippen LogP contribution in [0.15, 0.2) is 6.07 Å². The van der Waals surface area contributed by atoms with E-state index in [4.69, 9.17) is 4.74 Å². The van der Waals surface area contributed by atoms with E-state index in [1.54, 1.807) is 13.8 Å². The lowest BCUT2D eigenvalue weighted by Gasteiger charge is -2.36. The van der Waals surface area contributed by atoms with Crippen molar-refractivity contribution in [2.24, 2.45) is 0 Å². The van der Waals surface area contributed by atoms with Gasteiger partial charge in [0, 0.05) is 38.2 Å². The summed E-state index contributed by atoms with van der Waals surface area (Å²) in [5, 5.41) is 9.02. The third-order valence-electron chi connectivity index (χ3n) is 4.53. The maximum atomic E-state index is 12.3. The zero-order valence-electron chi connectivity index (χ0n) is 14.0. The van der Waals surface area contributed by atoms with Crippen LogP contribution in [0.1, 0.15) is 30.7 Å². The molecule has 130 valence electrons. The fourth-order valence-corrected chi connectivity index (χ4v) is 4.32. The minimum atomic E-state index is -3.23. The van der Waals surface area contributed by atoms with E-state index in [0.29, 0.717) is 50.8 Å². The second-order valence-corrected chi connectivity index (χ2v) is 8.85. The van der Waals surface area contributed by atoms with Crippen molar-refractivity contribution in [3.05, 3.63) is 22.9 Å². The van der Waals surface area contributed by atoms with Crippen molar-refractivity contribution in [3.8, 4) is 6.07 Å². The Morgan fingerprint density at radius 1 is 1.29 bits per heavy atom. The van der Waals surface area contributed by atoms with E-state index >= 15 is 0 Å². The van der Waals surface area contributed by atoms with Gasteiger partial charge in [0.15, 0.2) is 0 Å². The summed E-state index contributed by atoms with van der Waals surface area (Å²) in [6.45, 7) is 6.47. The summed E-state index contributed by atoms with van der Waals surface area (Å²) in [4.78, 5) is 6.70. The standard InChI is InChI=1S/C16H22N4O3S/c1-12(2)24(21,22)20-6-4-19(5-7-20)16-13(10-17)9-14-11-23-8-3-15(14)18-16/h9,12H,3-8,11H2,1-2H3. The molecule has 0 aliphatic carbocycles. The van der Waals surface area contributed by atoms with Crippen LogP contribution >= 0.6 is 0 Å². The van der Waals surface area contributed by atoms with Crippen molar-refractivity contribution in [1.29, 1.82) is 5.26 Å². The molecular formula is C16H22N4O3S. The number of piperazine rings is 1. The second kappa shape index (κ2) is 6.67. The molecule has 1 fully saturated rings. The van der Waals surface area contributed by atoms with Gasteiger partial charge in [-0.1, -0.05) is 0 Å². The highest BCUT2D eigenvalue weighted by Crippen LogP contribution is 2.25. The van der Waals surface area contributed by atoms with Crippen molar-refractivity contribution in [2.75, 3.05) is 37.7 Å². The van der Waals surface area contributed by atoms with Crippen LogP contribution in [-0.4, -0.2) is 55.7 Å². The van der Waals surface area contributed by atoms with Crippen LogP contribution in [0.25, 0.3) is 0 Å². The number of ether oxygens (including phenoxy) is 1. The highest BCUT2D eigenvalue weighted by Gasteiger charge is 2.30. The quantitative estimate of drug-likeness (QED) is 0.804. The van der Waals surface area contributed by atoms with Crippen molar-refractivity contribution >= 4 is 15.8 Å². The predicted octanol–water partition coefficient (Wildman–Crippen LogP) is 0.886. The molecule has 24 heavy (non-hydrogen) atoms. The zero-order chi connectivity index (χ0) is 17.3. The number of sulfonamides is 1. The summed E-state index contributed by atoms with van der Waals surface area (Å²) < 4.78 is 31.5. The molecule has 0 saturated carbocycles. The Balaban J connectivity index is 1.81. The minimum absolute atomic E-state index is 0.416. The molecular weight excluding hydrogens is 328 g/mol. The average Bonchev–Trinajstić information content (AvgIpc) is 2.60. The summed E-state index contributed by atoms with van der Waals surface area (Å²) in [6, 6.07) is 4.07. The van der Waals surface area contributed by atoms with Gasteiger partial charge in [-0.05, 0) is 19.9 Å². The van der Waals surface area contributed by atoms with Crippen LogP contribution in [0, 0.1) is 11.3 Å². The summed E-state index contributed by atoms with van der Waals surface area (Å²) in [7, 11) is -3.23. The Morgan fingerprint density at radius 3 is 2.62 bits per heavy atom. The number of hydrogen-bond acceptors (Lipinski definition) is 6. The third kappa shape index (κ3) is 3.11. The molecule has 3 rings (SSSR count). The number of fused-ring (bicyclic) bond motifs is 1. The second-order valence-electron chi connectivity index (χ2n) is 6.36. The molecule has 0 bridgehead atoms. The van der Waals surface area contributed by atoms with Gasteiger partial charge in [-0.25, -0.2) is 13.4 Å². The molecule has 2 aliphatic heterocycles. The molecule has 0 N–H and O–H groups in total. The van der Waals surface area contributed by atoms with Crippen LogP contribution < -0.4 is 4.90 Å². The van der Waals surface area contributed by atoms with Crippen LogP contribution in [0.2, 0.25) is 0 Å². The molecule has 0 spiro atoms. The Hall–Kier alpha value is -1.69. The lowest BCUT2D eigenvalue weighted by Crippen LogP contribution is -2.50. The van der Waals surface area contributed by atoms with E-state index in [0.717, 1.165) is 17.7 Å². The first-order chi connectivity index (χ1) is 11.4. The van der Waals surface area contributed by atoms with Crippen molar-refractivity contribution in [3.63, 3.8) is 0 Å². The topological polar surface area (TPSA) is 86.5 Å². The fourth-order valence-electron chi connectivity index (χ4n) is 3.05. The van der Waals surface area contributed by atoms with E-state index in [1.807, 2.05) is 11.0 Å². The van der Waals surface area contributed by atoms with Crippen LogP contribution in [0.5, 0.6) is 0 Å². The van der Waals surface area contributed by atoms with Gasteiger partial charge in [0.25, 0.3) is 0 Å². The first-order valence-electron chi connectivity index (χ1n) is 8.18. The molecule has 2 aliphatic rings. The molecule has 8 heteroatoms. The molecule has 0 atom stereocenters. The molecule has 1 aromatic heterocycles. The number of nitrogens with zero attached hydrogens (tertiary/aromatic N) is 4. The van der Waals surface area contributed by atoms with Crippen molar-refractivity contribution in [2.45, 2.75) is 32.1 Å². The van der Waals surface area contributed by atoms with E-state index in [2.05, 4.69) is 11.1 Å². The van der Waals surface area contributed by atoms with Gasteiger partial charge < -0.3 is 9.64 Å². The summed E-state index contributed by atoms with van der Waals surface area (Å²) >= 11 is 0. The van der Waals surface area contributed by atoms with Gasteiger partial charge in [0.2, 0.25) is 10.0 Å². The van der Waals surface area contributed by atoms with Gasteiger partial charge in [-0.15, -0.1) is 0 Å². The highest BCUT2D eigenvalue weighted by atomic mass is 32.2. The van der Waals surface area contributed by atoms with Gasteiger partial charge in [-0.3, -0.25) is 0 Å². The maximum Gasteiger partial charge on any atom is 0.216 e. The third-order valence-corrected chi connectivity index (χ3v) is 6.80. The summed E-state index contributed by atoms with van der Waals surface area (Å²) in [6.07, 6.45) is 0.746. The van der Waals surface area contributed by atoms with E-state index in [9.17, 15) is 13.7 Å². The van der Waals surface area contributed by atoms with E-state index < -0.39 is 15.3 Å². The number of anilines is 1. The summed E-state index contributed by atoms with van der Waals surface area (Å²) in [5.74, 6) is 0.666. The van der Waals surface area contributed by atoms with E-state index in [-0.39, 0.29) is 0 Å². The normalized spacial score (nSPS) is 19.2. The van der Waals surface area contributed by atoms with Gasteiger partial charge >= 0.3 is 0 Å². The minimum Gasteiger partial charge on any atom is -0.376 e. The van der Waals surface area contributed by atoms with Crippen LogP contribution in [-0.2, 0) is 27.8 Å². The smallest absolute Gasteiger partial charge is 0.216 e. The van der Waals surface area contributed by atoms with E-state index in [1.165, 1.54) is 4.31 Å². The molecule has 0 radical (unpaired) electrons. The Bertz CT molecular complexity index is 762. The summed E-state index contributed by atoms with van der Waals surface area (Å²) in [5.41, 5.74) is 2.48.